The monoisotopic (exact) mass is 307 g/mol. The van der Waals surface area contributed by atoms with Gasteiger partial charge in [0.15, 0.2) is 11.6 Å². The number of aromatic amines is 1. The van der Waals surface area contributed by atoms with E-state index in [0.717, 1.165) is 12.1 Å². The molecule has 0 aliphatic heterocycles. The van der Waals surface area contributed by atoms with Crippen LogP contribution in [0.5, 0.6) is 11.6 Å². The third-order valence-corrected chi connectivity index (χ3v) is 2.78. The molecule has 0 bridgehead atoms. The van der Waals surface area contributed by atoms with Gasteiger partial charge in [0.25, 0.3) is 5.56 Å². The molecule has 7 nitrogen and oxygen atoms in total. The molecule has 0 aliphatic carbocycles. The van der Waals surface area contributed by atoms with E-state index in [0.29, 0.717) is 0 Å². The molecule has 0 spiro atoms. The number of anilines is 1. The molecule has 0 saturated carbocycles. The highest BCUT2D eigenvalue weighted by Crippen LogP contribution is 2.28. The fourth-order valence-corrected chi connectivity index (χ4v) is 1.84. The zero-order chi connectivity index (χ0) is 15.0. The van der Waals surface area contributed by atoms with Gasteiger partial charge in [-0.2, -0.15) is 0 Å². The van der Waals surface area contributed by atoms with Crippen molar-refractivity contribution in [3.8, 4) is 11.6 Å². The minimum Gasteiger partial charge on any atom is -0.436 e. The van der Waals surface area contributed by atoms with Gasteiger partial charge in [-0.1, -0.05) is 11.6 Å². The number of halogens is 2. The first-order chi connectivity index (χ1) is 10.0. The van der Waals surface area contributed by atoms with Crippen molar-refractivity contribution in [1.82, 2.24) is 19.9 Å². The largest absolute Gasteiger partial charge is 0.436 e. The number of nitrogens with one attached hydrogen (secondary N) is 1. The van der Waals surface area contributed by atoms with Crippen LogP contribution in [0.3, 0.4) is 0 Å². The molecule has 0 aliphatic rings. The van der Waals surface area contributed by atoms with Crippen molar-refractivity contribution >= 4 is 28.5 Å². The lowest BCUT2D eigenvalue weighted by atomic mass is 10.2. The van der Waals surface area contributed by atoms with Gasteiger partial charge in [-0.25, -0.2) is 19.3 Å². The van der Waals surface area contributed by atoms with E-state index in [4.69, 9.17) is 22.1 Å². The van der Waals surface area contributed by atoms with E-state index in [1.807, 2.05) is 0 Å². The minimum absolute atomic E-state index is 0.0442. The Balaban J connectivity index is 2.17. The third kappa shape index (κ3) is 2.61. The van der Waals surface area contributed by atoms with Crippen LogP contribution in [0.25, 0.3) is 11.0 Å². The Morgan fingerprint density at radius 2 is 2.10 bits per heavy atom. The van der Waals surface area contributed by atoms with Crippen LogP contribution in [-0.2, 0) is 0 Å². The van der Waals surface area contributed by atoms with E-state index in [1.165, 1.54) is 12.4 Å². The number of nitrogen functional groups attached to an aromatic ring is 1. The van der Waals surface area contributed by atoms with Crippen LogP contribution < -0.4 is 16.0 Å². The highest BCUT2D eigenvalue weighted by atomic mass is 35.5. The molecule has 0 unspecified atom stereocenters. The Morgan fingerprint density at radius 1 is 1.29 bits per heavy atom. The number of aromatic nitrogens is 4. The highest BCUT2D eigenvalue weighted by molar-refractivity contribution is 6.29. The Bertz CT molecular complexity index is 898. The van der Waals surface area contributed by atoms with Crippen LogP contribution in [0.2, 0.25) is 5.15 Å². The summed E-state index contributed by atoms with van der Waals surface area (Å²) < 4.78 is 19.0. The predicted molar refractivity (Wildman–Crippen MR) is 73.9 cm³/mol. The number of nitrogens with two attached hydrogens (primary N) is 1. The first kappa shape index (κ1) is 13.3. The molecule has 21 heavy (non-hydrogen) atoms. The van der Waals surface area contributed by atoms with Gasteiger partial charge in [0.05, 0.1) is 5.52 Å². The summed E-state index contributed by atoms with van der Waals surface area (Å²) in [5, 5.41) is 0.168. The molecule has 2 heterocycles. The van der Waals surface area contributed by atoms with Crippen LogP contribution >= 0.6 is 11.6 Å². The summed E-state index contributed by atoms with van der Waals surface area (Å²) in [7, 11) is 0. The average molecular weight is 308 g/mol. The molecule has 3 aromatic rings. The normalized spacial score (nSPS) is 10.8. The number of H-pyrrole nitrogens is 1. The van der Waals surface area contributed by atoms with Gasteiger partial charge in [-0.3, -0.25) is 4.79 Å². The SMILES string of the molecule is Nc1nc2c(Oc3cc(Cl)ncn3)cc(F)cc2[nH]c1=O. The van der Waals surface area contributed by atoms with Crippen molar-refractivity contribution in [2.24, 2.45) is 0 Å². The topological polar surface area (TPSA) is 107 Å². The maximum absolute atomic E-state index is 13.6. The summed E-state index contributed by atoms with van der Waals surface area (Å²) >= 11 is 5.72. The third-order valence-electron chi connectivity index (χ3n) is 2.58. The Labute approximate surface area is 121 Å². The maximum atomic E-state index is 13.6. The second-order valence-corrected chi connectivity index (χ2v) is 4.42. The van der Waals surface area contributed by atoms with Gasteiger partial charge < -0.3 is 15.5 Å². The van der Waals surface area contributed by atoms with E-state index in [1.54, 1.807) is 0 Å². The fourth-order valence-electron chi connectivity index (χ4n) is 1.71. The number of nitrogens with zero attached hydrogens (tertiary/aromatic N) is 3. The quantitative estimate of drug-likeness (QED) is 0.700. The highest BCUT2D eigenvalue weighted by Gasteiger charge is 2.12. The van der Waals surface area contributed by atoms with Crippen molar-refractivity contribution in [2.45, 2.75) is 0 Å². The number of ether oxygens (including phenoxy) is 1. The molecule has 0 radical (unpaired) electrons. The molecule has 0 saturated heterocycles. The molecule has 106 valence electrons. The van der Waals surface area contributed by atoms with Crippen molar-refractivity contribution < 1.29 is 9.13 Å². The Hall–Kier alpha value is -2.74. The smallest absolute Gasteiger partial charge is 0.290 e. The van der Waals surface area contributed by atoms with Crippen molar-refractivity contribution in [3.05, 3.63) is 45.9 Å². The molecule has 0 fully saturated rings. The second-order valence-electron chi connectivity index (χ2n) is 4.03. The van der Waals surface area contributed by atoms with Gasteiger partial charge in [0.2, 0.25) is 5.88 Å². The lowest BCUT2D eigenvalue weighted by Crippen LogP contribution is -2.14. The number of fused-ring (bicyclic) bond motifs is 1. The number of benzene rings is 1. The molecule has 1 aromatic carbocycles. The number of rotatable bonds is 2. The average Bonchev–Trinajstić information content (AvgIpc) is 2.41. The number of hydrogen-bond acceptors (Lipinski definition) is 6. The van der Waals surface area contributed by atoms with Gasteiger partial charge >= 0.3 is 0 Å². The lowest BCUT2D eigenvalue weighted by Gasteiger charge is -2.08. The summed E-state index contributed by atoms with van der Waals surface area (Å²) in [6, 6.07) is 3.57. The first-order valence-electron chi connectivity index (χ1n) is 5.67. The first-order valence-corrected chi connectivity index (χ1v) is 6.05. The molecule has 0 amide bonds. The van der Waals surface area contributed by atoms with Crippen molar-refractivity contribution in [1.29, 1.82) is 0 Å². The molecule has 3 N–H and O–H groups in total. The number of hydrogen-bond donors (Lipinski definition) is 2. The zero-order valence-corrected chi connectivity index (χ0v) is 11.1. The van der Waals surface area contributed by atoms with Crippen LogP contribution in [0.4, 0.5) is 10.2 Å². The van der Waals surface area contributed by atoms with E-state index in [2.05, 4.69) is 19.9 Å². The summed E-state index contributed by atoms with van der Waals surface area (Å²) in [4.78, 5) is 25.3. The molecule has 2 aromatic heterocycles. The Morgan fingerprint density at radius 3 is 2.86 bits per heavy atom. The molecular weight excluding hydrogens is 301 g/mol. The van der Waals surface area contributed by atoms with Gasteiger partial charge in [0.1, 0.15) is 22.8 Å². The van der Waals surface area contributed by atoms with Crippen molar-refractivity contribution in [2.75, 3.05) is 5.73 Å². The predicted octanol–water partition coefficient (Wildman–Crippen LogP) is 1.88. The summed E-state index contributed by atoms with van der Waals surface area (Å²) in [6.07, 6.45) is 1.20. The van der Waals surface area contributed by atoms with Crippen LogP contribution in [-0.4, -0.2) is 19.9 Å². The lowest BCUT2D eigenvalue weighted by molar-refractivity contribution is 0.461. The summed E-state index contributed by atoms with van der Waals surface area (Å²) in [6.45, 7) is 0. The van der Waals surface area contributed by atoms with Crippen LogP contribution in [0.15, 0.2) is 29.3 Å². The molecule has 0 atom stereocenters. The molecule has 3 rings (SSSR count). The maximum Gasteiger partial charge on any atom is 0.290 e. The standard InChI is InChI=1S/C12H7ClFN5O2/c13-8-3-9(17-4-16-8)21-7-2-5(14)1-6-10(7)19-11(15)12(20)18-6/h1-4H,(H2,15,19)(H,18,20). The minimum atomic E-state index is -0.611. The van der Waals surface area contributed by atoms with E-state index in [9.17, 15) is 9.18 Å². The zero-order valence-electron chi connectivity index (χ0n) is 10.3. The fraction of sp³-hybridized carbons (Fsp3) is 0. The summed E-state index contributed by atoms with van der Waals surface area (Å²) in [5.41, 5.74) is 5.21. The van der Waals surface area contributed by atoms with Crippen LogP contribution in [0.1, 0.15) is 0 Å². The van der Waals surface area contributed by atoms with Crippen molar-refractivity contribution in [3.63, 3.8) is 0 Å². The van der Waals surface area contributed by atoms with E-state index in [-0.39, 0.29) is 33.6 Å². The molecular formula is C12H7ClFN5O2. The Kier molecular flexibility index (Phi) is 3.15. The summed E-state index contributed by atoms with van der Waals surface area (Å²) in [5.74, 6) is -0.712. The van der Waals surface area contributed by atoms with Crippen LogP contribution in [0, 0.1) is 5.82 Å². The van der Waals surface area contributed by atoms with E-state index < -0.39 is 11.4 Å². The second kappa shape index (κ2) is 4.98. The van der Waals surface area contributed by atoms with E-state index >= 15 is 0 Å². The molecule has 9 heteroatoms. The van der Waals surface area contributed by atoms with Gasteiger partial charge in [0, 0.05) is 12.1 Å². The van der Waals surface area contributed by atoms with Gasteiger partial charge in [-0.15, -0.1) is 0 Å². The van der Waals surface area contributed by atoms with Gasteiger partial charge in [-0.05, 0) is 6.07 Å².